The number of nitrogens with one attached hydrogen (secondary N) is 2. The molecular formula is C14H15F3N2O2. The number of amides is 2. The molecule has 4 nitrogen and oxygen atoms in total. The standard InChI is InChI=1S/C14H15F3N2O2/c15-14(16,17)12(21)19-13(7-4-8-18-11(13)20)9-10-5-2-1-3-6-10/h1-3,5-6H,4,7-9H2,(H,18,20)(H,19,21). The van der Waals surface area contributed by atoms with Crippen LogP contribution in [0.15, 0.2) is 30.3 Å². The molecule has 0 aliphatic carbocycles. The highest BCUT2D eigenvalue weighted by atomic mass is 19.4. The Labute approximate surface area is 119 Å². The molecule has 0 spiro atoms. The van der Waals surface area contributed by atoms with Crippen molar-refractivity contribution in [3.63, 3.8) is 0 Å². The highest BCUT2D eigenvalue weighted by molar-refractivity contribution is 5.93. The molecule has 21 heavy (non-hydrogen) atoms. The first-order valence-electron chi connectivity index (χ1n) is 6.55. The third-order valence-corrected chi connectivity index (χ3v) is 3.46. The van der Waals surface area contributed by atoms with Gasteiger partial charge in [0.05, 0.1) is 0 Å². The minimum absolute atomic E-state index is 0.0293. The van der Waals surface area contributed by atoms with Crippen LogP contribution >= 0.6 is 0 Å². The van der Waals surface area contributed by atoms with Gasteiger partial charge in [-0.3, -0.25) is 9.59 Å². The van der Waals surface area contributed by atoms with Gasteiger partial charge in [-0.05, 0) is 18.4 Å². The molecule has 1 saturated heterocycles. The lowest BCUT2D eigenvalue weighted by Gasteiger charge is -2.37. The van der Waals surface area contributed by atoms with Gasteiger partial charge in [-0.2, -0.15) is 13.2 Å². The second kappa shape index (κ2) is 5.75. The molecule has 1 heterocycles. The lowest BCUT2D eigenvalue weighted by Crippen LogP contribution is -2.64. The Bertz CT molecular complexity index is 531. The zero-order valence-electron chi connectivity index (χ0n) is 11.2. The summed E-state index contributed by atoms with van der Waals surface area (Å²) in [7, 11) is 0. The number of carbonyl (C=O) groups is 2. The average molecular weight is 300 g/mol. The molecule has 1 unspecified atom stereocenters. The van der Waals surface area contributed by atoms with Crippen molar-refractivity contribution in [3.05, 3.63) is 35.9 Å². The van der Waals surface area contributed by atoms with E-state index in [-0.39, 0.29) is 12.8 Å². The molecule has 1 fully saturated rings. The van der Waals surface area contributed by atoms with Crippen LogP contribution in [0.1, 0.15) is 18.4 Å². The van der Waals surface area contributed by atoms with Crippen LogP contribution in [0, 0.1) is 0 Å². The monoisotopic (exact) mass is 300 g/mol. The second-order valence-electron chi connectivity index (χ2n) is 5.06. The van der Waals surface area contributed by atoms with Gasteiger partial charge in [-0.15, -0.1) is 0 Å². The first-order valence-corrected chi connectivity index (χ1v) is 6.55. The molecule has 0 bridgehead atoms. The highest BCUT2D eigenvalue weighted by Crippen LogP contribution is 2.25. The fourth-order valence-corrected chi connectivity index (χ4v) is 2.44. The van der Waals surface area contributed by atoms with Gasteiger partial charge in [0.25, 0.3) is 0 Å². The highest BCUT2D eigenvalue weighted by Gasteiger charge is 2.48. The van der Waals surface area contributed by atoms with E-state index in [1.165, 1.54) is 0 Å². The smallest absolute Gasteiger partial charge is 0.354 e. The van der Waals surface area contributed by atoms with Crippen molar-refractivity contribution in [2.45, 2.75) is 31.0 Å². The number of rotatable bonds is 3. The summed E-state index contributed by atoms with van der Waals surface area (Å²) in [4.78, 5) is 23.3. The van der Waals surface area contributed by atoms with Crippen LogP contribution < -0.4 is 10.6 Å². The Morgan fingerprint density at radius 3 is 2.52 bits per heavy atom. The van der Waals surface area contributed by atoms with E-state index in [0.29, 0.717) is 18.5 Å². The first kappa shape index (κ1) is 15.3. The van der Waals surface area contributed by atoms with E-state index in [1.54, 1.807) is 30.3 Å². The predicted octanol–water partition coefficient (Wildman–Crippen LogP) is 1.56. The van der Waals surface area contributed by atoms with Crippen LogP contribution in [0.2, 0.25) is 0 Å². The quantitative estimate of drug-likeness (QED) is 0.890. The molecule has 2 amide bonds. The topological polar surface area (TPSA) is 58.2 Å². The molecule has 2 rings (SSSR count). The number of halogens is 3. The second-order valence-corrected chi connectivity index (χ2v) is 5.06. The van der Waals surface area contributed by atoms with Crippen molar-refractivity contribution in [2.24, 2.45) is 0 Å². The Kier molecular flexibility index (Phi) is 4.20. The molecule has 1 aliphatic rings. The van der Waals surface area contributed by atoms with Crippen LogP contribution in [-0.2, 0) is 16.0 Å². The van der Waals surface area contributed by atoms with Gasteiger partial charge in [-0.25, -0.2) is 0 Å². The maximum absolute atomic E-state index is 12.5. The van der Waals surface area contributed by atoms with Crippen molar-refractivity contribution >= 4 is 11.8 Å². The van der Waals surface area contributed by atoms with Crippen molar-refractivity contribution < 1.29 is 22.8 Å². The van der Waals surface area contributed by atoms with E-state index in [1.807, 2.05) is 5.32 Å². The van der Waals surface area contributed by atoms with Crippen LogP contribution in [0.5, 0.6) is 0 Å². The minimum Gasteiger partial charge on any atom is -0.354 e. The van der Waals surface area contributed by atoms with Gasteiger partial charge in [-0.1, -0.05) is 30.3 Å². The molecule has 2 N–H and O–H groups in total. The summed E-state index contributed by atoms with van der Waals surface area (Å²) in [5, 5.41) is 4.42. The Morgan fingerprint density at radius 1 is 1.29 bits per heavy atom. The predicted molar refractivity (Wildman–Crippen MR) is 69.3 cm³/mol. The van der Waals surface area contributed by atoms with Gasteiger partial charge in [0, 0.05) is 13.0 Å². The van der Waals surface area contributed by atoms with Gasteiger partial charge in [0.1, 0.15) is 5.54 Å². The SMILES string of the molecule is O=C(NC1(Cc2ccccc2)CCCNC1=O)C(F)(F)F. The van der Waals surface area contributed by atoms with E-state index in [4.69, 9.17) is 0 Å². The summed E-state index contributed by atoms with van der Waals surface area (Å²) in [6.07, 6.45) is -4.30. The Morgan fingerprint density at radius 2 is 1.95 bits per heavy atom. The lowest BCUT2D eigenvalue weighted by molar-refractivity contribution is -0.176. The zero-order chi connectivity index (χ0) is 15.5. The largest absolute Gasteiger partial charge is 0.471 e. The molecule has 7 heteroatoms. The van der Waals surface area contributed by atoms with E-state index < -0.39 is 23.5 Å². The minimum atomic E-state index is -5.01. The van der Waals surface area contributed by atoms with E-state index >= 15 is 0 Å². The summed E-state index contributed by atoms with van der Waals surface area (Å²) >= 11 is 0. The number of hydrogen-bond acceptors (Lipinski definition) is 2. The first-order chi connectivity index (χ1) is 9.83. The molecule has 0 saturated carbocycles. The fourth-order valence-electron chi connectivity index (χ4n) is 2.44. The summed E-state index contributed by atoms with van der Waals surface area (Å²) < 4.78 is 37.5. The maximum atomic E-state index is 12.5. The van der Waals surface area contributed by atoms with Gasteiger partial charge < -0.3 is 10.6 Å². The molecule has 1 aromatic carbocycles. The van der Waals surface area contributed by atoms with Crippen molar-refractivity contribution in [1.29, 1.82) is 0 Å². The number of piperidine rings is 1. The normalized spacial score (nSPS) is 22.5. The van der Waals surface area contributed by atoms with Crippen LogP contribution in [0.3, 0.4) is 0 Å². The zero-order valence-corrected chi connectivity index (χ0v) is 11.2. The summed E-state index contributed by atoms with van der Waals surface area (Å²) in [5.74, 6) is -2.66. The number of carbonyl (C=O) groups excluding carboxylic acids is 2. The Balaban J connectivity index is 2.26. The average Bonchev–Trinajstić information content (AvgIpc) is 2.42. The molecule has 1 aliphatic heterocycles. The number of alkyl halides is 3. The van der Waals surface area contributed by atoms with Crippen molar-refractivity contribution in [1.82, 2.24) is 10.6 Å². The van der Waals surface area contributed by atoms with Gasteiger partial charge >= 0.3 is 12.1 Å². The molecule has 0 aromatic heterocycles. The Hall–Kier alpha value is -2.05. The number of benzene rings is 1. The molecule has 114 valence electrons. The van der Waals surface area contributed by atoms with Crippen molar-refractivity contribution in [2.75, 3.05) is 6.54 Å². The van der Waals surface area contributed by atoms with E-state index in [2.05, 4.69) is 5.32 Å². The molecule has 1 aromatic rings. The van der Waals surface area contributed by atoms with Gasteiger partial charge in [0.15, 0.2) is 0 Å². The van der Waals surface area contributed by atoms with Crippen LogP contribution in [0.4, 0.5) is 13.2 Å². The van der Waals surface area contributed by atoms with Crippen molar-refractivity contribution in [3.8, 4) is 0 Å². The van der Waals surface area contributed by atoms with Crippen LogP contribution in [0.25, 0.3) is 0 Å². The van der Waals surface area contributed by atoms with E-state index in [0.717, 1.165) is 0 Å². The third kappa shape index (κ3) is 3.53. The molecule has 0 radical (unpaired) electrons. The van der Waals surface area contributed by atoms with Gasteiger partial charge in [0.2, 0.25) is 5.91 Å². The van der Waals surface area contributed by atoms with E-state index in [9.17, 15) is 22.8 Å². The van der Waals surface area contributed by atoms with Crippen LogP contribution in [-0.4, -0.2) is 30.1 Å². The third-order valence-electron chi connectivity index (χ3n) is 3.46. The lowest BCUT2D eigenvalue weighted by atomic mass is 9.83. The summed E-state index contributed by atoms with van der Waals surface area (Å²) in [5.41, 5.74) is -0.858. The fraction of sp³-hybridized carbons (Fsp3) is 0.429. The summed E-state index contributed by atoms with van der Waals surface area (Å²) in [6, 6.07) is 8.66. The maximum Gasteiger partial charge on any atom is 0.471 e. The number of hydrogen-bond donors (Lipinski definition) is 2. The molecular weight excluding hydrogens is 285 g/mol. The molecule has 1 atom stereocenters. The summed E-state index contributed by atoms with van der Waals surface area (Å²) in [6.45, 7) is 0.400.